The van der Waals surface area contributed by atoms with Crippen molar-refractivity contribution < 1.29 is 19.0 Å². The Morgan fingerprint density at radius 1 is 1.08 bits per heavy atom. The summed E-state index contributed by atoms with van der Waals surface area (Å²) >= 11 is 0. The van der Waals surface area contributed by atoms with E-state index in [1.807, 2.05) is 50.2 Å². The Hall–Kier alpha value is -2.69. The number of nitrogens with one attached hydrogen (secondary N) is 1. The number of hydrogen-bond acceptors (Lipinski definition) is 4. The Kier molecular flexibility index (Phi) is 6.49. The van der Waals surface area contributed by atoms with Gasteiger partial charge >= 0.3 is 0 Å². The lowest BCUT2D eigenvalue weighted by Crippen LogP contribution is -2.39. The van der Waals surface area contributed by atoms with Gasteiger partial charge in [0.1, 0.15) is 23.9 Å². The molecule has 24 heavy (non-hydrogen) atoms. The number of hydrogen-bond donors (Lipinski definition) is 1. The summed E-state index contributed by atoms with van der Waals surface area (Å²) in [5, 5.41) is 2.85. The molecule has 1 amide bonds. The van der Waals surface area contributed by atoms with Crippen LogP contribution in [0.2, 0.25) is 0 Å². The van der Waals surface area contributed by atoms with Gasteiger partial charge in [0.05, 0.1) is 13.2 Å². The zero-order valence-corrected chi connectivity index (χ0v) is 14.2. The minimum absolute atomic E-state index is 0.0537. The molecule has 0 aliphatic rings. The SMILES string of the molecule is COc1cccc(OCC(=O)N[C@H](C)COc2ccccc2C)c1. The lowest BCUT2D eigenvalue weighted by Gasteiger charge is -2.16. The maximum absolute atomic E-state index is 11.9. The highest BCUT2D eigenvalue weighted by Crippen LogP contribution is 2.18. The second kappa shape index (κ2) is 8.82. The second-order valence-electron chi connectivity index (χ2n) is 5.51. The summed E-state index contributed by atoms with van der Waals surface area (Å²) in [4.78, 5) is 11.9. The third kappa shape index (κ3) is 5.50. The quantitative estimate of drug-likeness (QED) is 0.809. The third-order valence-electron chi connectivity index (χ3n) is 3.40. The molecule has 128 valence electrons. The van der Waals surface area contributed by atoms with Gasteiger partial charge in [0.25, 0.3) is 5.91 Å². The summed E-state index contributed by atoms with van der Waals surface area (Å²) in [5.41, 5.74) is 1.07. The molecule has 2 rings (SSSR count). The van der Waals surface area contributed by atoms with Gasteiger partial charge in [-0.15, -0.1) is 0 Å². The van der Waals surface area contributed by atoms with Crippen LogP contribution in [0.25, 0.3) is 0 Å². The van der Waals surface area contributed by atoms with Gasteiger partial charge in [-0.05, 0) is 37.6 Å². The molecule has 1 N–H and O–H groups in total. The van der Waals surface area contributed by atoms with E-state index in [4.69, 9.17) is 14.2 Å². The van der Waals surface area contributed by atoms with Crippen LogP contribution in [0.5, 0.6) is 17.2 Å². The van der Waals surface area contributed by atoms with E-state index in [2.05, 4.69) is 5.32 Å². The molecule has 0 spiro atoms. The predicted octanol–water partition coefficient (Wildman–Crippen LogP) is 2.97. The van der Waals surface area contributed by atoms with Crippen molar-refractivity contribution >= 4 is 5.91 Å². The molecule has 0 saturated carbocycles. The van der Waals surface area contributed by atoms with Crippen molar-refractivity contribution in [3.8, 4) is 17.2 Å². The number of methoxy groups -OCH3 is 1. The van der Waals surface area contributed by atoms with Gasteiger partial charge in [-0.2, -0.15) is 0 Å². The van der Waals surface area contributed by atoms with Crippen molar-refractivity contribution in [3.05, 3.63) is 54.1 Å². The summed E-state index contributed by atoms with van der Waals surface area (Å²) < 4.78 is 16.3. The average molecular weight is 329 g/mol. The lowest BCUT2D eigenvalue weighted by molar-refractivity contribution is -0.123. The van der Waals surface area contributed by atoms with Crippen LogP contribution in [0.1, 0.15) is 12.5 Å². The highest BCUT2D eigenvalue weighted by atomic mass is 16.5. The number of ether oxygens (including phenoxy) is 3. The largest absolute Gasteiger partial charge is 0.497 e. The first-order valence-electron chi connectivity index (χ1n) is 7.83. The van der Waals surface area contributed by atoms with Gasteiger partial charge in [0.2, 0.25) is 0 Å². The van der Waals surface area contributed by atoms with E-state index in [-0.39, 0.29) is 18.6 Å². The number of amides is 1. The van der Waals surface area contributed by atoms with E-state index < -0.39 is 0 Å². The number of aryl methyl sites for hydroxylation is 1. The van der Waals surface area contributed by atoms with Crippen LogP contribution in [0.3, 0.4) is 0 Å². The van der Waals surface area contributed by atoms with Crippen LogP contribution in [0, 0.1) is 6.92 Å². The van der Waals surface area contributed by atoms with Crippen LogP contribution >= 0.6 is 0 Å². The molecule has 0 bridgehead atoms. The zero-order valence-electron chi connectivity index (χ0n) is 14.2. The van der Waals surface area contributed by atoms with Crippen molar-refractivity contribution in [2.75, 3.05) is 20.3 Å². The minimum atomic E-state index is -0.196. The van der Waals surface area contributed by atoms with Crippen LogP contribution in [0.4, 0.5) is 0 Å². The normalized spacial score (nSPS) is 11.5. The molecule has 5 heteroatoms. The Morgan fingerprint density at radius 3 is 2.58 bits per heavy atom. The van der Waals surface area contributed by atoms with Gasteiger partial charge in [-0.1, -0.05) is 24.3 Å². The van der Waals surface area contributed by atoms with E-state index in [0.717, 1.165) is 11.3 Å². The summed E-state index contributed by atoms with van der Waals surface area (Å²) in [7, 11) is 1.59. The topological polar surface area (TPSA) is 56.8 Å². The van der Waals surface area contributed by atoms with Crippen LogP contribution in [0.15, 0.2) is 48.5 Å². The maximum atomic E-state index is 11.9. The standard InChI is InChI=1S/C19H23NO4/c1-14-7-4-5-10-18(14)24-12-15(2)20-19(21)13-23-17-9-6-8-16(11-17)22-3/h4-11,15H,12-13H2,1-3H3,(H,20,21)/t15-/m1/s1. The fourth-order valence-corrected chi connectivity index (χ4v) is 2.13. The fraction of sp³-hybridized carbons (Fsp3) is 0.316. The van der Waals surface area contributed by atoms with Gasteiger partial charge < -0.3 is 19.5 Å². The lowest BCUT2D eigenvalue weighted by atomic mass is 10.2. The van der Waals surface area contributed by atoms with Crippen molar-refractivity contribution in [3.63, 3.8) is 0 Å². The summed E-state index contributed by atoms with van der Waals surface area (Å²) in [6.07, 6.45) is 0. The van der Waals surface area contributed by atoms with Crippen LogP contribution < -0.4 is 19.5 Å². The molecular formula is C19H23NO4. The van der Waals surface area contributed by atoms with Crippen molar-refractivity contribution in [1.82, 2.24) is 5.32 Å². The average Bonchev–Trinajstić information content (AvgIpc) is 2.59. The first-order valence-corrected chi connectivity index (χ1v) is 7.83. The number of para-hydroxylation sites is 1. The Balaban J connectivity index is 1.74. The summed E-state index contributed by atoms with van der Waals surface area (Å²) in [6.45, 7) is 4.22. The highest BCUT2D eigenvalue weighted by Gasteiger charge is 2.10. The summed E-state index contributed by atoms with van der Waals surface area (Å²) in [5.74, 6) is 1.91. The molecule has 0 aliphatic heterocycles. The first-order chi connectivity index (χ1) is 11.6. The Labute approximate surface area is 142 Å². The Morgan fingerprint density at radius 2 is 1.83 bits per heavy atom. The van der Waals surface area contributed by atoms with E-state index in [1.54, 1.807) is 19.2 Å². The van der Waals surface area contributed by atoms with Gasteiger partial charge in [0.15, 0.2) is 6.61 Å². The molecule has 0 unspecified atom stereocenters. The molecule has 5 nitrogen and oxygen atoms in total. The monoisotopic (exact) mass is 329 g/mol. The van der Waals surface area contributed by atoms with Crippen molar-refractivity contribution in [1.29, 1.82) is 0 Å². The van der Waals surface area contributed by atoms with Crippen LogP contribution in [-0.4, -0.2) is 32.3 Å². The second-order valence-corrected chi connectivity index (χ2v) is 5.51. The molecule has 2 aromatic carbocycles. The highest BCUT2D eigenvalue weighted by molar-refractivity contribution is 5.77. The number of carbonyl (C=O) groups is 1. The molecule has 0 aromatic heterocycles. The molecular weight excluding hydrogens is 306 g/mol. The smallest absolute Gasteiger partial charge is 0.258 e. The molecule has 0 heterocycles. The van der Waals surface area contributed by atoms with Crippen molar-refractivity contribution in [2.24, 2.45) is 0 Å². The fourth-order valence-electron chi connectivity index (χ4n) is 2.13. The predicted molar refractivity (Wildman–Crippen MR) is 92.8 cm³/mol. The van der Waals surface area contributed by atoms with Gasteiger partial charge in [-0.25, -0.2) is 0 Å². The number of benzene rings is 2. The molecule has 0 aliphatic carbocycles. The zero-order chi connectivity index (χ0) is 17.4. The Bertz CT molecular complexity index is 672. The van der Waals surface area contributed by atoms with E-state index >= 15 is 0 Å². The minimum Gasteiger partial charge on any atom is -0.497 e. The molecule has 1 atom stereocenters. The van der Waals surface area contributed by atoms with Gasteiger partial charge in [-0.3, -0.25) is 4.79 Å². The summed E-state index contributed by atoms with van der Waals surface area (Å²) in [6, 6.07) is 14.8. The first kappa shape index (κ1) is 17.7. The number of carbonyl (C=O) groups excluding carboxylic acids is 1. The van der Waals surface area contributed by atoms with Gasteiger partial charge in [0, 0.05) is 6.07 Å². The van der Waals surface area contributed by atoms with Crippen LogP contribution in [-0.2, 0) is 4.79 Å². The maximum Gasteiger partial charge on any atom is 0.258 e. The third-order valence-corrected chi connectivity index (χ3v) is 3.40. The van der Waals surface area contributed by atoms with E-state index in [9.17, 15) is 4.79 Å². The van der Waals surface area contributed by atoms with Crippen molar-refractivity contribution in [2.45, 2.75) is 19.9 Å². The molecule has 0 saturated heterocycles. The number of rotatable bonds is 8. The van der Waals surface area contributed by atoms with E-state index in [1.165, 1.54) is 0 Å². The molecule has 0 radical (unpaired) electrons. The molecule has 0 fully saturated rings. The van der Waals surface area contributed by atoms with E-state index in [0.29, 0.717) is 18.1 Å². The molecule has 2 aromatic rings.